The summed E-state index contributed by atoms with van der Waals surface area (Å²) < 4.78 is 61.2. The number of hydrogen-bond acceptors (Lipinski definition) is 4. The number of nitrogens with two attached hydrogens (primary N) is 1. The van der Waals surface area contributed by atoms with Gasteiger partial charge in [0, 0.05) is 0 Å². The number of rotatable bonds is 3. The molecule has 5 nitrogen and oxygen atoms in total. The van der Waals surface area contributed by atoms with Crippen LogP contribution < -0.4 is 5.14 Å². The first kappa shape index (κ1) is 14.6. The fourth-order valence-corrected chi connectivity index (χ4v) is 4.39. The van der Waals surface area contributed by atoms with Crippen LogP contribution in [0.25, 0.3) is 0 Å². The lowest BCUT2D eigenvalue weighted by atomic mass is 10.3. The molecule has 2 aromatic carbocycles. The Hall–Kier alpha value is -1.77. The molecule has 0 aromatic heterocycles. The summed E-state index contributed by atoms with van der Waals surface area (Å²) in [5, 5.41) is 4.98. The van der Waals surface area contributed by atoms with Crippen molar-refractivity contribution in [3.8, 4) is 0 Å². The Bertz CT molecular complexity index is 861. The van der Waals surface area contributed by atoms with Crippen LogP contribution in [0.4, 0.5) is 4.39 Å². The van der Waals surface area contributed by atoms with Gasteiger partial charge in [-0.25, -0.2) is 26.4 Å². The van der Waals surface area contributed by atoms with E-state index in [0.717, 1.165) is 24.3 Å². The molecule has 0 heterocycles. The summed E-state index contributed by atoms with van der Waals surface area (Å²) in [6.45, 7) is 0. The van der Waals surface area contributed by atoms with Crippen molar-refractivity contribution in [2.24, 2.45) is 5.14 Å². The Morgan fingerprint density at radius 2 is 1.20 bits per heavy atom. The smallest absolute Gasteiger partial charge is 0.225 e. The van der Waals surface area contributed by atoms with Gasteiger partial charge in [-0.1, -0.05) is 24.3 Å². The van der Waals surface area contributed by atoms with Crippen LogP contribution in [0.2, 0.25) is 0 Å². The van der Waals surface area contributed by atoms with Crippen LogP contribution in [-0.4, -0.2) is 16.8 Å². The van der Waals surface area contributed by atoms with Crippen molar-refractivity contribution in [2.75, 3.05) is 0 Å². The highest BCUT2D eigenvalue weighted by molar-refractivity contribution is 7.93. The summed E-state index contributed by atoms with van der Waals surface area (Å²) in [5.41, 5.74) is 0. The summed E-state index contributed by atoms with van der Waals surface area (Å²) in [4.78, 5) is -1.72. The van der Waals surface area contributed by atoms with Crippen molar-refractivity contribution in [3.05, 3.63) is 54.3 Å². The summed E-state index contributed by atoms with van der Waals surface area (Å²) in [7, 11) is -8.56. The van der Waals surface area contributed by atoms with E-state index in [1.807, 2.05) is 0 Å². The third kappa shape index (κ3) is 2.58. The van der Waals surface area contributed by atoms with Crippen molar-refractivity contribution < 1.29 is 21.2 Å². The van der Waals surface area contributed by atoms with Gasteiger partial charge in [0.05, 0.1) is 4.90 Å². The molecule has 20 heavy (non-hydrogen) atoms. The standard InChI is InChI=1S/C12H10FNO4S2/c13-9-5-1-2-6-10(9)19(15,16)11-7-3-4-8-12(11)20(14,17)18/h1-8H,(H2,14,17,18). The summed E-state index contributed by atoms with van der Waals surface area (Å²) >= 11 is 0. The van der Waals surface area contributed by atoms with E-state index in [4.69, 9.17) is 5.14 Å². The molecule has 0 aliphatic rings. The average molecular weight is 315 g/mol. The Balaban J connectivity index is 2.79. The van der Waals surface area contributed by atoms with E-state index in [9.17, 15) is 21.2 Å². The van der Waals surface area contributed by atoms with Gasteiger partial charge in [0.25, 0.3) is 0 Å². The van der Waals surface area contributed by atoms with Gasteiger partial charge < -0.3 is 0 Å². The monoisotopic (exact) mass is 315 g/mol. The molecular formula is C12H10FNO4S2. The fraction of sp³-hybridized carbons (Fsp3) is 0. The lowest BCUT2D eigenvalue weighted by Crippen LogP contribution is -2.17. The third-order valence-corrected chi connectivity index (χ3v) is 5.51. The molecule has 0 fully saturated rings. The zero-order chi connectivity index (χ0) is 15.0. The Labute approximate surface area is 115 Å². The van der Waals surface area contributed by atoms with E-state index in [1.165, 1.54) is 24.3 Å². The lowest BCUT2D eigenvalue weighted by Gasteiger charge is -2.09. The molecule has 0 spiro atoms. The minimum Gasteiger partial charge on any atom is -0.225 e. The highest BCUT2D eigenvalue weighted by Crippen LogP contribution is 2.27. The molecule has 0 atom stereocenters. The van der Waals surface area contributed by atoms with E-state index in [0.29, 0.717) is 0 Å². The van der Waals surface area contributed by atoms with Crippen LogP contribution in [-0.2, 0) is 19.9 Å². The van der Waals surface area contributed by atoms with E-state index in [1.54, 1.807) is 0 Å². The van der Waals surface area contributed by atoms with Crippen LogP contribution in [0.1, 0.15) is 0 Å². The first-order valence-electron chi connectivity index (χ1n) is 5.36. The summed E-state index contributed by atoms with van der Waals surface area (Å²) in [5.74, 6) is -0.961. The molecule has 0 amide bonds. The van der Waals surface area contributed by atoms with Crippen LogP contribution in [0.3, 0.4) is 0 Å². The van der Waals surface area contributed by atoms with Gasteiger partial charge in [-0.15, -0.1) is 0 Å². The maximum absolute atomic E-state index is 13.6. The number of halogens is 1. The van der Waals surface area contributed by atoms with Gasteiger partial charge in [-0.3, -0.25) is 0 Å². The highest BCUT2D eigenvalue weighted by Gasteiger charge is 2.27. The third-order valence-electron chi connectivity index (χ3n) is 2.57. The van der Waals surface area contributed by atoms with Crippen LogP contribution in [0.5, 0.6) is 0 Å². The quantitative estimate of drug-likeness (QED) is 0.924. The molecule has 0 radical (unpaired) electrons. The first-order valence-corrected chi connectivity index (χ1v) is 8.39. The number of sulfonamides is 1. The summed E-state index contributed by atoms with van der Waals surface area (Å²) in [6.07, 6.45) is 0. The van der Waals surface area contributed by atoms with Crippen LogP contribution in [0, 0.1) is 5.82 Å². The van der Waals surface area contributed by atoms with E-state index >= 15 is 0 Å². The van der Waals surface area contributed by atoms with Crippen molar-refractivity contribution in [2.45, 2.75) is 14.7 Å². The highest BCUT2D eigenvalue weighted by atomic mass is 32.2. The van der Waals surface area contributed by atoms with E-state index in [-0.39, 0.29) is 0 Å². The van der Waals surface area contributed by atoms with Crippen molar-refractivity contribution in [3.63, 3.8) is 0 Å². The Morgan fingerprint density at radius 1 is 0.750 bits per heavy atom. The lowest BCUT2D eigenvalue weighted by molar-refractivity contribution is 0.562. The molecule has 0 aliphatic heterocycles. The second-order valence-corrected chi connectivity index (χ2v) is 7.34. The van der Waals surface area contributed by atoms with Crippen LogP contribution in [0.15, 0.2) is 63.2 Å². The molecule has 0 unspecified atom stereocenters. The maximum Gasteiger partial charge on any atom is 0.239 e. The van der Waals surface area contributed by atoms with Crippen LogP contribution >= 0.6 is 0 Å². The second-order valence-electron chi connectivity index (χ2n) is 3.93. The fourth-order valence-electron chi connectivity index (χ4n) is 1.69. The summed E-state index contributed by atoms with van der Waals surface area (Å²) in [6, 6.07) is 9.51. The van der Waals surface area contributed by atoms with Gasteiger partial charge in [-0.05, 0) is 24.3 Å². The maximum atomic E-state index is 13.6. The van der Waals surface area contributed by atoms with Crippen molar-refractivity contribution in [1.29, 1.82) is 0 Å². The molecule has 2 N–H and O–H groups in total. The normalized spacial score (nSPS) is 12.3. The van der Waals surface area contributed by atoms with Gasteiger partial charge in [-0.2, -0.15) is 0 Å². The topological polar surface area (TPSA) is 94.3 Å². The van der Waals surface area contributed by atoms with Crippen molar-refractivity contribution in [1.82, 2.24) is 0 Å². The average Bonchev–Trinajstić information content (AvgIpc) is 2.38. The number of hydrogen-bond donors (Lipinski definition) is 1. The molecule has 0 saturated heterocycles. The Morgan fingerprint density at radius 3 is 1.70 bits per heavy atom. The molecule has 2 aromatic rings. The number of benzene rings is 2. The largest absolute Gasteiger partial charge is 0.239 e. The van der Waals surface area contributed by atoms with E-state index < -0.39 is 40.4 Å². The molecule has 2 rings (SSSR count). The first-order chi connectivity index (χ1) is 9.24. The van der Waals surface area contributed by atoms with Gasteiger partial charge >= 0.3 is 0 Å². The van der Waals surface area contributed by atoms with Gasteiger partial charge in [0.2, 0.25) is 19.9 Å². The molecule has 0 saturated carbocycles. The zero-order valence-corrected chi connectivity index (χ0v) is 11.7. The molecule has 0 bridgehead atoms. The molecular weight excluding hydrogens is 305 g/mol. The predicted molar refractivity (Wildman–Crippen MR) is 69.7 cm³/mol. The number of primary sulfonamides is 1. The predicted octanol–water partition coefficient (Wildman–Crippen LogP) is 1.31. The van der Waals surface area contributed by atoms with Gasteiger partial charge in [0.15, 0.2) is 0 Å². The number of sulfone groups is 1. The Kier molecular flexibility index (Phi) is 3.63. The molecule has 106 valence electrons. The molecule has 0 aliphatic carbocycles. The SMILES string of the molecule is NS(=O)(=O)c1ccccc1S(=O)(=O)c1ccccc1F. The van der Waals surface area contributed by atoms with Crippen molar-refractivity contribution >= 4 is 19.9 Å². The molecule has 8 heteroatoms. The van der Waals surface area contributed by atoms with Gasteiger partial charge in [0.1, 0.15) is 15.6 Å². The van der Waals surface area contributed by atoms with E-state index in [2.05, 4.69) is 0 Å². The zero-order valence-electron chi connectivity index (χ0n) is 10.0. The minimum absolute atomic E-state index is 0.549. The minimum atomic E-state index is -4.32. The second kappa shape index (κ2) is 4.97.